The van der Waals surface area contributed by atoms with E-state index >= 15 is 0 Å². The zero-order chi connectivity index (χ0) is 15.9. The first-order valence-electron chi connectivity index (χ1n) is 8.12. The number of carbonyl (C=O) groups excluding carboxylic acids is 1. The molecule has 0 bridgehead atoms. The largest absolute Gasteiger partial charge is 0.302 e. The topological polar surface area (TPSA) is 17.1 Å². The minimum absolute atomic E-state index is 0.323. The van der Waals surface area contributed by atoms with E-state index in [1.54, 1.807) is 0 Å². The van der Waals surface area contributed by atoms with Crippen molar-refractivity contribution in [3.63, 3.8) is 0 Å². The van der Waals surface area contributed by atoms with Gasteiger partial charge in [-0.3, -0.25) is 0 Å². The van der Waals surface area contributed by atoms with Crippen LogP contribution >= 0.6 is 0 Å². The highest BCUT2D eigenvalue weighted by Crippen LogP contribution is 2.40. The molecule has 0 aliphatic rings. The Labute approximate surface area is 131 Å². The molecule has 116 valence electrons. The lowest BCUT2D eigenvalue weighted by atomic mass is 9.78. The highest BCUT2D eigenvalue weighted by Gasteiger charge is 2.39. The molecule has 0 N–H and O–H groups in total. The Hall–Kier alpha value is -1.15. The van der Waals surface area contributed by atoms with Crippen LogP contribution in [-0.2, 0) is 4.79 Å². The molecule has 1 unspecified atom stereocenters. The molecule has 1 atom stereocenters. The van der Waals surface area contributed by atoms with Gasteiger partial charge < -0.3 is 4.79 Å². The van der Waals surface area contributed by atoms with E-state index < -0.39 is 8.07 Å². The average Bonchev–Trinajstić information content (AvgIpc) is 2.47. The van der Waals surface area contributed by atoms with Gasteiger partial charge in [-0.15, -0.1) is 0 Å². The van der Waals surface area contributed by atoms with Crippen LogP contribution in [0.5, 0.6) is 0 Å². The molecule has 0 aliphatic heterocycles. The summed E-state index contributed by atoms with van der Waals surface area (Å²) in [7, 11) is -1.66. The Morgan fingerprint density at radius 3 is 2.29 bits per heavy atom. The van der Waals surface area contributed by atoms with E-state index in [2.05, 4.69) is 63.9 Å². The second-order valence-corrected chi connectivity index (χ2v) is 11.5. The summed E-state index contributed by atoms with van der Waals surface area (Å²) in [5.74, 6) is 0. The first-order valence-corrected chi connectivity index (χ1v) is 11.3. The number of hydrogen-bond acceptors (Lipinski definition) is 1. The van der Waals surface area contributed by atoms with Gasteiger partial charge in [-0.05, 0) is 18.9 Å². The van der Waals surface area contributed by atoms with Gasteiger partial charge in [0.15, 0.2) is 0 Å². The third-order valence-electron chi connectivity index (χ3n) is 4.49. The SMILES string of the molecule is C=C(CCC)C(C=O)(CCC)C[Si](C)(C)c1ccccc1. The van der Waals surface area contributed by atoms with Crippen LogP contribution in [0.25, 0.3) is 0 Å². The average molecular weight is 303 g/mol. The van der Waals surface area contributed by atoms with E-state index in [1.165, 1.54) is 11.5 Å². The third kappa shape index (κ3) is 4.41. The van der Waals surface area contributed by atoms with E-state index in [1.807, 2.05) is 0 Å². The van der Waals surface area contributed by atoms with Gasteiger partial charge in [-0.2, -0.15) is 0 Å². The van der Waals surface area contributed by atoms with Crippen molar-refractivity contribution in [2.75, 3.05) is 0 Å². The zero-order valence-electron chi connectivity index (χ0n) is 14.1. The third-order valence-corrected chi connectivity index (χ3v) is 7.90. The highest BCUT2D eigenvalue weighted by molar-refractivity contribution is 6.90. The van der Waals surface area contributed by atoms with Crippen molar-refractivity contribution in [2.45, 2.75) is 58.7 Å². The molecule has 1 aromatic carbocycles. The molecule has 1 rings (SSSR count). The second kappa shape index (κ2) is 7.74. The van der Waals surface area contributed by atoms with E-state index in [9.17, 15) is 4.79 Å². The van der Waals surface area contributed by atoms with Gasteiger partial charge in [0, 0.05) is 5.41 Å². The summed E-state index contributed by atoms with van der Waals surface area (Å²) in [6.07, 6.45) is 5.18. The fraction of sp³-hybridized carbons (Fsp3) is 0.526. The minimum Gasteiger partial charge on any atom is -0.302 e. The number of aldehydes is 1. The maximum Gasteiger partial charge on any atom is 0.129 e. The van der Waals surface area contributed by atoms with Gasteiger partial charge in [-0.1, -0.05) is 87.5 Å². The molecule has 0 heterocycles. The lowest BCUT2D eigenvalue weighted by molar-refractivity contribution is -0.114. The summed E-state index contributed by atoms with van der Waals surface area (Å²) in [5.41, 5.74) is 0.814. The van der Waals surface area contributed by atoms with E-state index in [4.69, 9.17) is 0 Å². The Kier molecular flexibility index (Phi) is 6.60. The Bertz CT molecular complexity index is 464. The van der Waals surface area contributed by atoms with Gasteiger partial charge >= 0.3 is 0 Å². The van der Waals surface area contributed by atoms with Crippen molar-refractivity contribution >= 4 is 19.5 Å². The fourth-order valence-electron chi connectivity index (χ4n) is 3.35. The van der Waals surface area contributed by atoms with Crippen molar-refractivity contribution in [3.05, 3.63) is 42.5 Å². The smallest absolute Gasteiger partial charge is 0.129 e. The van der Waals surface area contributed by atoms with Crippen LogP contribution in [-0.4, -0.2) is 14.4 Å². The van der Waals surface area contributed by atoms with Crippen molar-refractivity contribution in [3.8, 4) is 0 Å². The molecular formula is C19H30OSi. The van der Waals surface area contributed by atoms with Crippen molar-refractivity contribution < 1.29 is 4.79 Å². The Morgan fingerprint density at radius 2 is 1.81 bits per heavy atom. The molecule has 0 spiro atoms. The number of rotatable bonds is 9. The maximum absolute atomic E-state index is 12.0. The number of hydrogen-bond donors (Lipinski definition) is 0. The maximum atomic E-state index is 12.0. The Morgan fingerprint density at radius 1 is 1.19 bits per heavy atom. The molecule has 0 fully saturated rings. The van der Waals surface area contributed by atoms with Crippen LogP contribution in [0, 0.1) is 5.41 Å². The summed E-state index contributed by atoms with van der Waals surface area (Å²) in [6, 6.07) is 11.7. The van der Waals surface area contributed by atoms with E-state index in [0.29, 0.717) is 0 Å². The molecule has 0 aliphatic carbocycles. The predicted octanol–water partition coefficient (Wildman–Crippen LogP) is 4.94. The van der Waals surface area contributed by atoms with Crippen LogP contribution < -0.4 is 5.19 Å². The van der Waals surface area contributed by atoms with Gasteiger partial charge in [0.2, 0.25) is 0 Å². The molecule has 0 saturated carbocycles. The molecule has 0 aromatic heterocycles. The molecule has 0 amide bonds. The molecular weight excluding hydrogens is 272 g/mol. The van der Waals surface area contributed by atoms with Crippen molar-refractivity contribution in [1.29, 1.82) is 0 Å². The molecule has 2 heteroatoms. The van der Waals surface area contributed by atoms with Gasteiger partial charge in [0.1, 0.15) is 6.29 Å². The zero-order valence-corrected chi connectivity index (χ0v) is 15.1. The molecule has 0 saturated heterocycles. The lowest BCUT2D eigenvalue weighted by Gasteiger charge is -2.37. The van der Waals surface area contributed by atoms with Crippen molar-refractivity contribution in [2.24, 2.45) is 5.41 Å². The summed E-state index contributed by atoms with van der Waals surface area (Å²) in [6.45, 7) is 13.3. The first-order chi connectivity index (χ1) is 9.91. The minimum atomic E-state index is -1.66. The van der Waals surface area contributed by atoms with Crippen molar-refractivity contribution in [1.82, 2.24) is 0 Å². The first kappa shape index (κ1) is 17.9. The van der Waals surface area contributed by atoms with Crippen LogP contribution in [0.4, 0.5) is 0 Å². The second-order valence-electron chi connectivity index (χ2n) is 6.80. The summed E-state index contributed by atoms with van der Waals surface area (Å²) < 4.78 is 0. The Balaban J connectivity index is 3.10. The van der Waals surface area contributed by atoms with Gasteiger partial charge in [-0.25, -0.2) is 0 Å². The molecule has 1 aromatic rings. The molecule has 21 heavy (non-hydrogen) atoms. The predicted molar refractivity (Wildman–Crippen MR) is 95.8 cm³/mol. The quantitative estimate of drug-likeness (QED) is 0.358. The van der Waals surface area contributed by atoms with Crippen LogP contribution in [0.15, 0.2) is 42.5 Å². The lowest BCUT2D eigenvalue weighted by Crippen LogP contribution is -2.47. The standard InChI is InChI=1S/C19H30OSi/c1-6-11-17(3)19(15-20,14-7-2)16-21(4,5)18-12-9-8-10-13-18/h8-10,12-13,15H,3,6-7,11,14,16H2,1-2,4-5H3. The number of carbonyl (C=O) groups is 1. The monoisotopic (exact) mass is 302 g/mol. The van der Waals surface area contributed by atoms with Gasteiger partial charge in [0.05, 0.1) is 8.07 Å². The summed E-state index contributed by atoms with van der Waals surface area (Å²) in [4.78, 5) is 12.0. The van der Waals surface area contributed by atoms with Crippen LogP contribution in [0.1, 0.15) is 39.5 Å². The number of benzene rings is 1. The normalized spacial score (nSPS) is 14.5. The van der Waals surface area contributed by atoms with E-state index in [0.717, 1.165) is 37.3 Å². The van der Waals surface area contributed by atoms with Crippen LogP contribution in [0.2, 0.25) is 19.1 Å². The van der Waals surface area contributed by atoms with Gasteiger partial charge in [0.25, 0.3) is 0 Å². The highest BCUT2D eigenvalue weighted by atomic mass is 28.3. The van der Waals surface area contributed by atoms with Crippen LogP contribution in [0.3, 0.4) is 0 Å². The summed E-state index contributed by atoms with van der Waals surface area (Å²) >= 11 is 0. The molecule has 0 radical (unpaired) electrons. The fourth-order valence-corrected chi connectivity index (χ4v) is 6.74. The summed E-state index contributed by atoms with van der Waals surface area (Å²) in [5, 5.41) is 1.43. The molecule has 1 nitrogen and oxygen atoms in total. The van der Waals surface area contributed by atoms with E-state index in [-0.39, 0.29) is 5.41 Å². The number of allylic oxidation sites excluding steroid dienone is 1.